The molecule has 0 aromatic heterocycles. The van der Waals surface area contributed by atoms with Gasteiger partial charge in [0.25, 0.3) is 17.5 Å². The summed E-state index contributed by atoms with van der Waals surface area (Å²) in [4.78, 5) is 46.8. The molecule has 0 radical (unpaired) electrons. The number of rotatable bonds is 3. The lowest BCUT2D eigenvalue weighted by Crippen LogP contribution is -2.29. The molecule has 1 N–H and O–H groups in total. The van der Waals surface area contributed by atoms with Gasteiger partial charge in [0.2, 0.25) is 0 Å². The highest BCUT2D eigenvalue weighted by molar-refractivity contribution is 6.35. The van der Waals surface area contributed by atoms with Crippen LogP contribution in [0, 0.1) is 10.1 Å². The van der Waals surface area contributed by atoms with E-state index in [0.717, 1.165) is 17.0 Å². The lowest BCUT2D eigenvalue weighted by atomic mass is 10.1. The number of anilines is 1. The molecule has 0 bridgehead atoms. The number of imide groups is 1. The molecule has 0 atom stereocenters. The van der Waals surface area contributed by atoms with Crippen molar-refractivity contribution in [1.29, 1.82) is 0 Å². The third-order valence-corrected chi connectivity index (χ3v) is 3.84. The van der Waals surface area contributed by atoms with Crippen molar-refractivity contribution >= 4 is 40.8 Å². The van der Waals surface area contributed by atoms with Gasteiger partial charge >= 0.3 is 5.97 Å². The lowest BCUT2D eigenvalue weighted by Gasteiger charge is -2.13. The Hall–Kier alpha value is -3.26. The Morgan fingerprint density at radius 3 is 2.38 bits per heavy atom. The molecule has 0 aliphatic carbocycles. The Balaban J connectivity index is 2.10. The van der Waals surface area contributed by atoms with Gasteiger partial charge in [0.1, 0.15) is 5.02 Å². The number of aromatic carboxylic acids is 1. The zero-order valence-corrected chi connectivity index (χ0v) is 12.5. The van der Waals surface area contributed by atoms with E-state index < -0.39 is 28.4 Å². The van der Waals surface area contributed by atoms with Crippen LogP contribution < -0.4 is 4.90 Å². The predicted molar refractivity (Wildman–Crippen MR) is 82.6 cm³/mol. The highest BCUT2D eigenvalue weighted by Crippen LogP contribution is 2.34. The number of amides is 2. The first-order valence-electron chi connectivity index (χ1n) is 6.51. The molecule has 3 rings (SSSR count). The van der Waals surface area contributed by atoms with E-state index in [0.29, 0.717) is 0 Å². The van der Waals surface area contributed by atoms with Crippen LogP contribution >= 0.6 is 11.6 Å². The molecule has 1 aliphatic rings. The van der Waals surface area contributed by atoms with Gasteiger partial charge in [0.05, 0.1) is 27.3 Å². The van der Waals surface area contributed by atoms with Crippen LogP contribution in [0.25, 0.3) is 0 Å². The van der Waals surface area contributed by atoms with Gasteiger partial charge in [-0.1, -0.05) is 11.6 Å². The number of carbonyl (C=O) groups excluding carboxylic acids is 2. The van der Waals surface area contributed by atoms with Crippen molar-refractivity contribution in [2.24, 2.45) is 0 Å². The van der Waals surface area contributed by atoms with Gasteiger partial charge in [-0.05, 0) is 30.3 Å². The van der Waals surface area contributed by atoms with Crippen LogP contribution in [0.2, 0.25) is 5.02 Å². The molecule has 1 heterocycles. The van der Waals surface area contributed by atoms with Crippen molar-refractivity contribution in [3.8, 4) is 0 Å². The fourth-order valence-electron chi connectivity index (χ4n) is 2.39. The number of nitro benzene ring substituents is 1. The largest absolute Gasteiger partial charge is 0.478 e. The minimum Gasteiger partial charge on any atom is -0.478 e. The molecular weight excluding hydrogens is 340 g/mol. The average molecular weight is 347 g/mol. The summed E-state index contributed by atoms with van der Waals surface area (Å²) in [5.41, 5.74) is -0.648. The molecule has 1 aliphatic heterocycles. The molecule has 2 aromatic rings. The highest BCUT2D eigenvalue weighted by atomic mass is 35.5. The summed E-state index contributed by atoms with van der Waals surface area (Å²) in [7, 11) is 0. The van der Waals surface area contributed by atoms with Gasteiger partial charge < -0.3 is 5.11 Å². The minimum absolute atomic E-state index is 0.0193. The summed E-state index contributed by atoms with van der Waals surface area (Å²) in [5, 5.41) is 19.8. The standard InChI is InChI=1S/C15H7ClN2O6/c16-11-4-2-8(6-12(11)18(23)24)17-13(19)9-3-1-7(15(21)22)5-10(9)14(17)20/h1-6H,(H,21,22). The summed E-state index contributed by atoms with van der Waals surface area (Å²) in [5.74, 6) is -2.68. The second-order valence-corrected chi connectivity index (χ2v) is 5.31. The second kappa shape index (κ2) is 5.43. The fourth-order valence-corrected chi connectivity index (χ4v) is 2.57. The number of nitro groups is 1. The normalized spacial score (nSPS) is 13.1. The number of hydrogen-bond donors (Lipinski definition) is 1. The molecule has 0 saturated carbocycles. The van der Waals surface area contributed by atoms with E-state index in [4.69, 9.17) is 16.7 Å². The number of nitrogens with zero attached hydrogens (tertiary/aromatic N) is 2. The number of carboxylic acid groups (broad SMARTS) is 1. The molecule has 0 spiro atoms. The van der Waals surface area contributed by atoms with Crippen molar-refractivity contribution in [1.82, 2.24) is 0 Å². The summed E-state index contributed by atoms with van der Waals surface area (Å²) >= 11 is 5.72. The molecule has 9 heteroatoms. The first-order valence-corrected chi connectivity index (χ1v) is 6.89. The molecule has 2 amide bonds. The zero-order chi connectivity index (χ0) is 17.6. The molecule has 0 saturated heterocycles. The van der Waals surface area contributed by atoms with Crippen molar-refractivity contribution in [2.45, 2.75) is 0 Å². The summed E-state index contributed by atoms with van der Waals surface area (Å²) in [6, 6.07) is 7.07. The number of carboxylic acids is 1. The van der Waals surface area contributed by atoms with Crippen LogP contribution in [-0.4, -0.2) is 27.8 Å². The van der Waals surface area contributed by atoms with Crippen LogP contribution in [0.1, 0.15) is 31.1 Å². The predicted octanol–water partition coefficient (Wildman–Crippen LogP) is 2.75. The van der Waals surface area contributed by atoms with E-state index in [1.807, 2.05) is 0 Å². The molecular formula is C15H7ClN2O6. The Bertz CT molecular complexity index is 940. The summed E-state index contributed by atoms with van der Waals surface area (Å²) in [6.45, 7) is 0. The van der Waals surface area contributed by atoms with E-state index >= 15 is 0 Å². The average Bonchev–Trinajstić information content (AvgIpc) is 2.79. The van der Waals surface area contributed by atoms with Crippen molar-refractivity contribution in [3.05, 3.63) is 68.2 Å². The first kappa shape index (κ1) is 15.6. The topological polar surface area (TPSA) is 118 Å². The van der Waals surface area contributed by atoms with Crippen LogP contribution in [0.3, 0.4) is 0 Å². The molecule has 120 valence electrons. The molecule has 0 fully saturated rings. The number of carbonyl (C=O) groups is 3. The van der Waals surface area contributed by atoms with Crippen molar-refractivity contribution in [2.75, 3.05) is 4.90 Å². The Morgan fingerprint density at radius 2 is 1.75 bits per heavy atom. The zero-order valence-electron chi connectivity index (χ0n) is 11.7. The number of hydrogen-bond acceptors (Lipinski definition) is 5. The Kier molecular flexibility index (Phi) is 3.53. The quantitative estimate of drug-likeness (QED) is 0.518. The van der Waals surface area contributed by atoms with Crippen LogP contribution in [0.4, 0.5) is 11.4 Å². The second-order valence-electron chi connectivity index (χ2n) is 4.90. The third kappa shape index (κ3) is 2.29. The maximum atomic E-state index is 12.5. The van der Waals surface area contributed by atoms with E-state index in [1.54, 1.807) is 0 Å². The summed E-state index contributed by atoms with van der Waals surface area (Å²) in [6.07, 6.45) is 0. The number of fused-ring (bicyclic) bond motifs is 1. The van der Waals surface area contributed by atoms with Gasteiger partial charge in [-0.25, -0.2) is 9.69 Å². The SMILES string of the molecule is O=C(O)c1ccc2c(c1)C(=O)N(c1ccc(Cl)c([N+](=O)[O-])c1)C2=O. The van der Waals surface area contributed by atoms with E-state index in [2.05, 4.69) is 0 Å². The van der Waals surface area contributed by atoms with Crippen molar-refractivity contribution in [3.63, 3.8) is 0 Å². The van der Waals surface area contributed by atoms with Gasteiger partial charge in [-0.3, -0.25) is 19.7 Å². The van der Waals surface area contributed by atoms with Crippen LogP contribution in [-0.2, 0) is 0 Å². The molecule has 24 heavy (non-hydrogen) atoms. The minimum atomic E-state index is -1.24. The Morgan fingerprint density at radius 1 is 1.08 bits per heavy atom. The van der Waals surface area contributed by atoms with Gasteiger partial charge in [-0.15, -0.1) is 0 Å². The van der Waals surface area contributed by atoms with Gasteiger partial charge in [0.15, 0.2) is 0 Å². The van der Waals surface area contributed by atoms with Crippen molar-refractivity contribution < 1.29 is 24.4 Å². The van der Waals surface area contributed by atoms with Crippen LogP contribution in [0.15, 0.2) is 36.4 Å². The summed E-state index contributed by atoms with van der Waals surface area (Å²) < 4.78 is 0. The smallest absolute Gasteiger partial charge is 0.335 e. The van der Waals surface area contributed by atoms with Crippen LogP contribution in [0.5, 0.6) is 0 Å². The third-order valence-electron chi connectivity index (χ3n) is 3.52. The highest BCUT2D eigenvalue weighted by Gasteiger charge is 2.38. The van der Waals surface area contributed by atoms with E-state index in [1.165, 1.54) is 24.3 Å². The maximum Gasteiger partial charge on any atom is 0.335 e. The monoisotopic (exact) mass is 346 g/mol. The Labute approximate surface area is 139 Å². The number of benzene rings is 2. The molecule has 8 nitrogen and oxygen atoms in total. The van der Waals surface area contributed by atoms with Gasteiger partial charge in [-0.2, -0.15) is 0 Å². The van der Waals surface area contributed by atoms with Gasteiger partial charge in [0, 0.05) is 6.07 Å². The molecule has 2 aromatic carbocycles. The fraction of sp³-hybridized carbons (Fsp3) is 0. The lowest BCUT2D eigenvalue weighted by molar-refractivity contribution is -0.384. The first-order chi connectivity index (χ1) is 11.3. The van der Waals surface area contributed by atoms with E-state index in [-0.39, 0.29) is 27.4 Å². The number of halogens is 1. The maximum absolute atomic E-state index is 12.5. The molecule has 0 unspecified atom stereocenters. The van der Waals surface area contributed by atoms with E-state index in [9.17, 15) is 24.5 Å².